The molecule has 0 atom stereocenters. The number of hydrogen-bond acceptors (Lipinski definition) is 4. The van der Waals surface area contributed by atoms with Crippen molar-refractivity contribution in [3.8, 4) is 11.5 Å². The number of rotatable bonds is 9. The monoisotopic (exact) mass is 387 g/mol. The van der Waals surface area contributed by atoms with E-state index in [-0.39, 0.29) is 6.61 Å². The Kier molecular flexibility index (Phi) is 8.69. The largest absolute Gasteiger partial charge is 0.489 e. The Balaban J connectivity index is 2.69. The van der Waals surface area contributed by atoms with Crippen molar-refractivity contribution in [2.45, 2.75) is 34.1 Å². The molecule has 1 aromatic rings. The van der Waals surface area contributed by atoms with Gasteiger partial charge in [-0.15, -0.1) is 0 Å². The molecule has 0 aliphatic rings. The van der Waals surface area contributed by atoms with Crippen molar-refractivity contribution < 1.29 is 18.7 Å². The molecule has 0 aromatic heterocycles. The average molecular weight is 388 g/mol. The Morgan fingerprint density at radius 3 is 2.61 bits per heavy atom. The molecule has 128 valence electrons. The lowest BCUT2D eigenvalue weighted by Gasteiger charge is -2.15. The molecular formula is C17H23BrFNO3. The van der Waals surface area contributed by atoms with Crippen molar-refractivity contribution in [1.29, 1.82) is 0 Å². The first kappa shape index (κ1) is 19.5. The predicted molar refractivity (Wildman–Crippen MR) is 94.4 cm³/mol. The molecule has 0 aliphatic carbocycles. The minimum atomic E-state index is -0.435. The van der Waals surface area contributed by atoms with Crippen LogP contribution in [0.2, 0.25) is 0 Å². The highest BCUT2D eigenvalue weighted by atomic mass is 79.9. The van der Waals surface area contributed by atoms with Gasteiger partial charge in [-0.2, -0.15) is 4.39 Å². The highest BCUT2D eigenvalue weighted by Crippen LogP contribution is 2.29. The van der Waals surface area contributed by atoms with Gasteiger partial charge in [-0.1, -0.05) is 12.1 Å². The molecule has 0 fully saturated rings. The number of ether oxygens (including phenoxy) is 2. The predicted octanol–water partition coefficient (Wildman–Crippen LogP) is 4.93. The van der Waals surface area contributed by atoms with Crippen LogP contribution in [-0.4, -0.2) is 25.5 Å². The molecule has 0 amide bonds. The molecule has 1 aromatic carbocycles. The van der Waals surface area contributed by atoms with E-state index < -0.39 is 4.74 Å². The highest BCUT2D eigenvalue weighted by Gasteiger charge is 2.09. The molecule has 4 nitrogen and oxygen atoms in total. The maximum Gasteiger partial charge on any atom is 0.165 e. The van der Waals surface area contributed by atoms with Crippen molar-refractivity contribution in [3.63, 3.8) is 0 Å². The molecule has 0 unspecified atom stereocenters. The van der Waals surface area contributed by atoms with E-state index in [1.165, 1.54) is 6.08 Å². The summed E-state index contributed by atoms with van der Waals surface area (Å²) < 4.78 is 23.5. The van der Waals surface area contributed by atoms with E-state index >= 15 is 0 Å². The van der Waals surface area contributed by atoms with E-state index in [1.807, 2.05) is 39.8 Å². The maximum absolute atomic E-state index is 12.6. The molecule has 0 radical (unpaired) electrons. The minimum absolute atomic E-state index is 0.169. The number of aryl methyl sites for hydroxylation is 2. The third-order valence-corrected chi connectivity index (χ3v) is 3.19. The van der Waals surface area contributed by atoms with Gasteiger partial charge in [-0.3, -0.25) is 0 Å². The lowest BCUT2D eigenvalue weighted by atomic mass is 10.1. The molecule has 0 saturated carbocycles. The van der Waals surface area contributed by atoms with Gasteiger partial charge in [0.2, 0.25) is 0 Å². The van der Waals surface area contributed by atoms with Gasteiger partial charge in [0.1, 0.15) is 24.7 Å². The van der Waals surface area contributed by atoms with Crippen molar-refractivity contribution in [3.05, 3.63) is 34.1 Å². The van der Waals surface area contributed by atoms with E-state index in [4.69, 9.17) is 14.3 Å². The molecule has 0 N–H and O–H groups in total. The lowest BCUT2D eigenvalue weighted by molar-refractivity contribution is 0.106. The second-order valence-electron chi connectivity index (χ2n) is 5.11. The van der Waals surface area contributed by atoms with Crippen LogP contribution in [0.15, 0.2) is 28.1 Å². The van der Waals surface area contributed by atoms with E-state index in [9.17, 15) is 4.39 Å². The molecule has 0 bridgehead atoms. The molecule has 0 aliphatic heterocycles. The second kappa shape index (κ2) is 10.3. The lowest BCUT2D eigenvalue weighted by Crippen LogP contribution is -2.08. The van der Waals surface area contributed by atoms with Gasteiger partial charge in [-0.25, -0.2) is 0 Å². The summed E-state index contributed by atoms with van der Waals surface area (Å²) in [7, 11) is 0. The zero-order valence-corrected chi connectivity index (χ0v) is 15.6. The molecular weight excluding hydrogens is 365 g/mol. The van der Waals surface area contributed by atoms with Crippen LogP contribution in [0.5, 0.6) is 11.5 Å². The van der Waals surface area contributed by atoms with Crippen molar-refractivity contribution in [2.75, 3.05) is 19.8 Å². The third kappa shape index (κ3) is 7.50. The summed E-state index contributed by atoms with van der Waals surface area (Å²) in [5.41, 5.74) is 2.88. The van der Waals surface area contributed by atoms with Gasteiger partial charge in [-0.05, 0) is 72.5 Å². The summed E-state index contributed by atoms with van der Waals surface area (Å²) in [4.78, 5) is 5.12. The van der Waals surface area contributed by atoms with Crippen molar-refractivity contribution in [2.24, 2.45) is 5.16 Å². The molecule has 0 saturated heterocycles. The number of oxime groups is 1. The Morgan fingerprint density at radius 2 is 2.00 bits per heavy atom. The summed E-state index contributed by atoms with van der Waals surface area (Å²) in [5, 5.41) is 3.86. The number of nitrogens with zero attached hydrogens (tertiary/aromatic N) is 1. The zero-order valence-electron chi connectivity index (χ0n) is 14.0. The summed E-state index contributed by atoms with van der Waals surface area (Å²) in [5.74, 6) is 1.53. The standard InChI is InChI=1S/C17H23BrFNO3/c1-5-14-11-15(21-7-6-16(18)19)10-13(4)17(14)22-8-9-23-20-12(2)3/h6,10-11H,5,7-9H2,1-4H3/b16-6-. The third-order valence-electron chi connectivity index (χ3n) is 2.86. The topological polar surface area (TPSA) is 40.0 Å². The Morgan fingerprint density at radius 1 is 1.26 bits per heavy atom. The summed E-state index contributed by atoms with van der Waals surface area (Å²) >= 11 is 2.73. The molecule has 6 heteroatoms. The van der Waals surface area contributed by atoms with E-state index in [2.05, 4.69) is 21.1 Å². The van der Waals surface area contributed by atoms with E-state index in [0.29, 0.717) is 19.0 Å². The van der Waals surface area contributed by atoms with Crippen LogP contribution < -0.4 is 9.47 Å². The van der Waals surface area contributed by atoms with Crippen LogP contribution in [-0.2, 0) is 11.3 Å². The first-order valence-electron chi connectivity index (χ1n) is 7.47. The van der Waals surface area contributed by atoms with Crippen molar-refractivity contribution >= 4 is 21.6 Å². The molecule has 0 spiro atoms. The second-order valence-corrected chi connectivity index (χ2v) is 5.86. The van der Waals surface area contributed by atoms with Crippen LogP contribution in [0.25, 0.3) is 0 Å². The maximum atomic E-state index is 12.6. The SMILES string of the molecule is CCc1cc(OC/C=C(\F)Br)cc(C)c1OCCON=C(C)C. The summed E-state index contributed by atoms with van der Waals surface area (Å²) in [6.07, 6.45) is 2.13. The van der Waals surface area contributed by atoms with Gasteiger partial charge < -0.3 is 14.3 Å². The molecule has 1 rings (SSSR count). The van der Waals surface area contributed by atoms with Crippen LogP contribution >= 0.6 is 15.9 Å². The van der Waals surface area contributed by atoms with Crippen LogP contribution in [0.1, 0.15) is 31.9 Å². The van der Waals surface area contributed by atoms with Crippen LogP contribution in [0, 0.1) is 6.92 Å². The summed E-state index contributed by atoms with van der Waals surface area (Å²) in [6.45, 7) is 8.72. The zero-order chi connectivity index (χ0) is 17.2. The smallest absolute Gasteiger partial charge is 0.165 e. The fourth-order valence-corrected chi connectivity index (χ4v) is 2.05. The van der Waals surface area contributed by atoms with Gasteiger partial charge >= 0.3 is 0 Å². The normalized spacial score (nSPS) is 11.1. The van der Waals surface area contributed by atoms with E-state index in [0.717, 1.165) is 29.0 Å². The Labute approximate surface area is 145 Å². The van der Waals surface area contributed by atoms with Crippen LogP contribution in [0.3, 0.4) is 0 Å². The van der Waals surface area contributed by atoms with Crippen LogP contribution in [0.4, 0.5) is 4.39 Å². The minimum Gasteiger partial charge on any atom is -0.489 e. The number of hydrogen-bond donors (Lipinski definition) is 0. The summed E-state index contributed by atoms with van der Waals surface area (Å²) in [6, 6.07) is 3.79. The Bertz CT molecular complexity index is 565. The fourth-order valence-electron chi connectivity index (χ4n) is 1.92. The highest BCUT2D eigenvalue weighted by molar-refractivity contribution is 9.11. The van der Waals surface area contributed by atoms with Gasteiger partial charge in [0, 0.05) is 0 Å². The number of benzene rings is 1. The molecule has 0 heterocycles. The van der Waals surface area contributed by atoms with Gasteiger partial charge in [0.15, 0.2) is 11.3 Å². The van der Waals surface area contributed by atoms with Gasteiger partial charge in [0.25, 0.3) is 0 Å². The average Bonchev–Trinajstić information content (AvgIpc) is 2.47. The Hall–Kier alpha value is -1.56. The first-order chi connectivity index (χ1) is 10.9. The number of halogens is 2. The quantitative estimate of drug-likeness (QED) is 0.342. The fraction of sp³-hybridized carbons (Fsp3) is 0.471. The van der Waals surface area contributed by atoms with Gasteiger partial charge in [0.05, 0.1) is 5.71 Å². The molecule has 23 heavy (non-hydrogen) atoms. The van der Waals surface area contributed by atoms with E-state index in [1.54, 1.807) is 0 Å². The van der Waals surface area contributed by atoms with Crippen molar-refractivity contribution in [1.82, 2.24) is 0 Å². The first-order valence-corrected chi connectivity index (χ1v) is 8.26.